The smallest absolute Gasteiger partial charge is 0.0945 e. The van der Waals surface area contributed by atoms with Crippen LogP contribution in [0.3, 0.4) is 0 Å². The number of aromatic nitrogens is 2. The molecule has 0 aliphatic rings. The average Bonchev–Trinajstić information content (AvgIpc) is 2.86. The summed E-state index contributed by atoms with van der Waals surface area (Å²) in [5.41, 5.74) is 4.09. The molecular weight excluding hydrogens is 222 g/mol. The second-order valence-electron chi connectivity index (χ2n) is 4.75. The van der Waals surface area contributed by atoms with Gasteiger partial charge in [0.25, 0.3) is 0 Å². The van der Waals surface area contributed by atoms with Crippen molar-refractivity contribution < 1.29 is 0 Å². The summed E-state index contributed by atoms with van der Waals surface area (Å²) in [6.07, 6.45) is 6.82. The first kappa shape index (κ1) is 12.8. The normalized spacial score (nSPS) is 10.8. The molecular formula is C15H21N3. The molecule has 0 radical (unpaired) electrons. The molecule has 0 saturated heterocycles. The summed E-state index contributed by atoms with van der Waals surface area (Å²) in [5.74, 6) is 0. The Balaban J connectivity index is 1.67. The number of nitrogens with zero attached hydrogens (tertiary/aromatic N) is 2. The van der Waals surface area contributed by atoms with Gasteiger partial charge in [-0.1, -0.05) is 18.2 Å². The van der Waals surface area contributed by atoms with E-state index in [1.54, 1.807) is 0 Å². The Labute approximate surface area is 109 Å². The summed E-state index contributed by atoms with van der Waals surface area (Å²) >= 11 is 0. The first-order valence-electron chi connectivity index (χ1n) is 6.48. The molecule has 0 aliphatic heterocycles. The van der Waals surface area contributed by atoms with Crippen molar-refractivity contribution in [3.8, 4) is 0 Å². The van der Waals surface area contributed by atoms with Crippen molar-refractivity contribution in [1.82, 2.24) is 14.9 Å². The van der Waals surface area contributed by atoms with Crippen molar-refractivity contribution in [2.45, 2.75) is 33.4 Å². The van der Waals surface area contributed by atoms with Crippen molar-refractivity contribution >= 4 is 0 Å². The van der Waals surface area contributed by atoms with Crippen LogP contribution in [0.1, 0.15) is 23.1 Å². The van der Waals surface area contributed by atoms with Gasteiger partial charge in [0.1, 0.15) is 0 Å². The van der Waals surface area contributed by atoms with E-state index in [-0.39, 0.29) is 0 Å². The van der Waals surface area contributed by atoms with E-state index >= 15 is 0 Å². The van der Waals surface area contributed by atoms with Gasteiger partial charge in [-0.3, -0.25) is 0 Å². The molecule has 1 aromatic heterocycles. The lowest BCUT2D eigenvalue weighted by Gasteiger charge is -2.07. The van der Waals surface area contributed by atoms with Crippen molar-refractivity contribution in [3.05, 3.63) is 53.6 Å². The zero-order valence-electron chi connectivity index (χ0n) is 11.2. The molecule has 0 atom stereocenters. The highest BCUT2D eigenvalue weighted by atomic mass is 15.0. The number of benzene rings is 1. The molecule has 0 fully saturated rings. The van der Waals surface area contributed by atoms with Gasteiger partial charge in [0.2, 0.25) is 0 Å². The summed E-state index contributed by atoms with van der Waals surface area (Å²) in [7, 11) is 0. The van der Waals surface area contributed by atoms with Crippen LogP contribution in [0.5, 0.6) is 0 Å². The van der Waals surface area contributed by atoms with Crippen LogP contribution in [0.25, 0.3) is 0 Å². The predicted octanol–water partition coefficient (Wildman–Crippen LogP) is 2.68. The summed E-state index contributed by atoms with van der Waals surface area (Å²) in [6, 6.07) is 6.65. The SMILES string of the molecule is Cc1ccc(CNCCCn2ccnc2)cc1C. The zero-order valence-corrected chi connectivity index (χ0v) is 11.2. The second-order valence-corrected chi connectivity index (χ2v) is 4.75. The molecule has 1 aromatic carbocycles. The fourth-order valence-electron chi connectivity index (χ4n) is 1.95. The first-order chi connectivity index (χ1) is 8.75. The fourth-order valence-corrected chi connectivity index (χ4v) is 1.95. The number of imidazole rings is 1. The molecule has 0 unspecified atom stereocenters. The highest BCUT2D eigenvalue weighted by Crippen LogP contribution is 2.09. The summed E-state index contributed by atoms with van der Waals surface area (Å²) in [5, 5.41) is 3.48. The van der Waals surface area contributed by atoms with Crippen LogP contribution >= 0.6 is 0 Å². The Morgan fingerprint density at radius 2 is 2.11 bits per heavy atom. The van der Waals surface area contributed by atoms with E-state index in [1.807, 2.05) is 18.7 Å². The second kappa shape index (κ2) is 6.36. The van der Waals surface area contributed by atoms with E-state index in [4.69, 9.17) is 0 Å². The van der Waals surface area contributed by atoms with Gasteiger partial charge in [0.05, 0.1) is 6.33 Å². The van der Waals surface area contributed by atoms with Gasteiger partial charge in [-0.15, -0.1) is 0 Å². The average molecular weight is 243 g/mol. The molecule has 2 aromatic rings. The van der Waals surface area contributed by atoms with Crippen molar-refractivity contribution in [3.63, 3.8) is 0 Å². The highest BCUT2D eigenvalue weighted by Gasteiger charge is 1.96. The maximum absolute atomic E-state index is 4.03. The molecule has 0 aliphatic carbocycles. The lowest BCUT2D eigenvalue weighted by molar-refractivity contribution is 0.580. The number of nitrogens with one attached hydrogen (secondary N) is 1. The Hall–Kier alpha value is -1.61. The molecule has 0 amide bonds. The van der Waals surface area contributed by atoms with Gasteiger partial charge in [-0.2, -0.15) is 0 Å². The van der Waals surface area contributed by atoms with Crippen LogP contribution in [0.15, 0.2) is 36.9 Å². The fraction of sp³-hybridized carbons (Fsp3) is 0.400. The number of hydrogen-bond acceptors (Lipinski definition) is 2. The number of aryl methyl sites for hydroxylation is 3. The van der Waals surface area contributed by atoms with Gasteiger partial charge in [0, 0.05) is 25.5 Å². The van der Waals surface area contributed by atoms with Gasteiger partial charge in [-0.25, -0.2) is 4.98 Å². The van der Waals surface area contributed by atoms with E-state index in [0.717, 1.165) is 26.1 Å². The van der Waals surface area contributed by atoms with Crippen molar-refractivity contribution in [2.75, 3.05) is 6.54 Å². The van der Waals surface area contributed by atoms with Gasteiger partial charge in [-0.05, 0) is 43.5 Å². The minimum atomic E-state index is 0.949. The van der Waals surface area contributed by atoms with E-state index in [0.29, 0.717) is 0 Å². The molecule has 1 heterocycles. The third-order valence-corrected chi connectivity index (χ3v) is 3.23. The molecule has 0 saturated carbocycles. The number of rotatable bonds is 6. The number of hydrogen-bond donors (Lipinski definition) is 1. The maximum Gasteiger partial charge on any atom is 0.0945 e. The molecule has 96 valence electrons. The molecule has 0 spiro atoms. The van der Waals surface area contributed by atoms with Crippen LogP contribution in [0, 0.1) is 13.8 Å². The summed E-state index contributed by atoms with van der Waals surface area (Å²) in [6.45, 7) is 7.33. The molecule has 18 heavy (non-hydrogen) atoms. The topological polar surface area (TPSA) is 29.9 Å². The Morgan fingerprint density at radius 1 is 1.22 bits per heavy atom. The largest absolute Gasteiger partial charge is 0.337 e. The molecule has 3 nitrogen and oxygen atoms in total. The maximum atomic E-state index is 4.03. The van der Waals surface area contributed by atoms with Gasteiger partial charge in [0.15, 0.2) is 0 Å². The minimum absolute atomic E-state index is 0.949. The lowest BCUT2D eigenvalue weighted by Crippen LogP contribution is -2.16. The third-order valence-electron chi connectivity index (χ3n) is 3.23. The van der Waals surface area contributed by atoms with Crippen LogP contribution in [0.2, 0.25) is 0 Å². The van der Waals surface area contributed by atoms with Crippen LogP contribution in [-0.2, 0) is 13.1 Å². The van der Waals surface area contributed by atoms with Crippen molar-refractivity contribution in [2.24, 2.45) is 0 Å². The molecule has 3 heteroatoms. The Kier molecular flexibility index (Phi) is 4.53. The van der Waals surface area contributed by atoms with E-state index in [9.17, 15) is 0 Å². The molecule has 2 rings (SSSR count). The van der Waals surface area contributed by atoms with Crippen LogP contribution < -0.4 is 5.32 Å². The van der Waals surface area contributed by atoms with E-state index in [1.165, 1.54) is 16.7 Å². The Morgan fingerprint density at radius 3 is 2.83 bits per heavy atom. The third kappa shape index (κ3) is 3.70. The quantitative estimate of drug-likeness (QED) is 0.791. The van der Waals surface area contributed by atoms with Crippen LogP contribution in [0.4, 0.5) is 0 Å². The summed E-state index contributed by atoms with van der Waals surface area (Å²) in [4.78, 5) is 4.03. The lowest BCUT2D eigenvalue weighted by atomic mass is 10.1. The summed E-state index contributed by atoms with van der Waals surface area (Å²) < 4.78 is 2.11. The monoisotopic (exact) mass is 243 g/mol. The zero-order chi connectivity index (χ0) is 12.8. The minimum Gasteiger partial charge on any atom is -0.337 e. The molecule has 0 bridgehead atoms. The Bertz CT molecular complexity index is 474. The van der Waals surface area contributed by atoms with Crippen molar-refractivity contribution in [1.29, 1.82) is 0 Å². The van der Waals surface area contributed by atoms with Gasteiger partial charge < -0.3 is 9.88 Å². The molecule has 1 N–H and O–H groups in total. The van der Waals surface area contributed by atoms with Crippen LogP contribution in [-0.4, -0.2) is 16.1 Å². The standard InChI is InChI=1S/C15H21N3/c1-13-4-5-15(10-14(13)2)11-16-6-3-8-18-9-7-17-12-18/h4-5,7,9-10,12,16H,3,6,8,11H2,1-2H3. The van der Waals surface area contributed by atoms with E-state index < -0.39 is 0 Å². The van der Waals surface area contributed by atoms with E-state index in [2.05, 4.69) is 46.9 Å². The first-order valence-corrected chi connectivity index (χ1v) is 6.48. The highest BCUT2D eigenvalue weighted by molar-refractivity contribution is 5.29. The predicted molar refractivity (Wildman–Crippen MR) is 74.5 cm³/mol. The van der Waals surface area contributed by atoms with Gasteiger partial charge >= 0.3 is 0 Å².